The smallest absolute Gasteiger partial charge is 0.325 e. The summed E-state index contributed by atoms with van der Waals surface area (Å²) in [5.41, 5.74) is -0.706. The lowest BCUT2D eigenvalue weighted by Gasteiger charge is -2.05. The Morgan fingerprint density at radius 3 is 2.70 bits per heavy atom. The van der Waals surface area contributed by atoms with E-state index in [0.29, 0.717) is 6.42 Å². The molecule has 56 valence electrons. The highest BCUT2D eigenvalue weighted by molar-refractivity contribution is 14.1. The van der Waals surface area contributed by atoms with Crippen LogP contribution in [0.4, 0.5) is 0 Å². The zero-order valence-corrected chi connectivity index (χ0v) is 7.46. The van der Waals surface area contributed by atoms with Gasteiger partial charge in [0.25, 0.3) is 0 Å². The first kappa shape index (κ1) is 8.00. The van der Waals surface area contributed by atoms with Crippen molar-refractivity contribution in [2.45, 2.75) is 12.0 Å². The van der Waals surface area contributed by atoms with Crippen molar-refractivity contribution in [2.24, 2.45) is 5.92 Å². The SMILES string of the molecule is C=CC1CC1(NI)C(=O)O. The van der Waals surface area contributed by atoms with Crippen LogP contribution in [-0.4, -0.2) is 16.6 Å². The highest BCUT2D eigenvalue weighted by Crippen LogP contribution is 2.45. The third-order valence-electron chi connectivity index (χ3n) is 1.85. The van der Waals surface area contributed by atoms with E-state index in [1.165, 1.54) is 0 Å². The van der Waals surface area contributed by atoms with E-state index in [9.17, 15) is 4.79 Å². The Morgan fingerprint density at radius 1 is 2.00 bits per heavy atom. The summed E-state index contributed by atoms with van der Waals surface area (Å²) in [5.74, 6) is -0.686. The van der Waals surface area contributed by atoms with Crippen molar-refractivity contribution in [3.8, 4) is 0 Å². The van der Waals surface area contributed by atoms with Gasteiger partial charge in [0.2, 0.25) is 0 Å². The van der Waals surface area contributed by atoms with E-state index < -0.39 is 11.5 Å². The van der Waals surface area contributed by atoms with Gasteiger partial charge in [-0.2, -0.15) is 0 Å². The van der Waals surface area contributed by atoms with E-state index in [4.69, 9.17) is 5.11 Å². The van der Waals surface area contributed by atoms with Crippen LogP contribution in [0, 0.1) is 5.92 Å². The molecule has 10 heavy (non-hydrogen) atoms. The second-order valence-corrected chi connectivity index (χ2v) is 2.96. The summed E-state index contributed by atoms with van der Waals surface area (Å²) in [6.45, 7) is 3.54. The van der Waals surface area contributed by atoms with Gasteiger partial charge in [0.15, 0.2) is 0 Å². The number of hydrogen-bond acceptors (Lipinski definition) is 2. The van der Waals surface area contributed by atoms with Crippen LogP contribution in [0.25, 0.3) is 0 Å². The maximum absolute atomic E-state index is 10.6. The standard InChI is InChI=1S/C6H8INO2/c1-2-4-3-6(4,8-7)5(9)10/h2,4,8H,1,3H2,(H,9,10). The van der Waals surface area contributed by atoms with E-state index in [2.05, 4.69) is 10.1 Å². The van der Waals surface area contributed by atoms with Crippen LogP contribution in [0.3, 0.4) is 0 Å². The first-order valence-electron chi connectivity index (χ1n) is 2.91. The summed E-state index contributed by atoms with van der Waals surface area (Å²) >= 11 is 1.87. The minimum absolute atomic E-state index is 0.0990. The van der Waals surface area contributed by atoms with E-state index >= 15 is 0 Å². The fourth-order valence-electron chi connectivity index (χ4n) is 0.967. The Kier molecular flexibility index (Phi) is 2.00. The van der Waals surface area contributed by atoms with Crippen LogP contribution in [0.15, 0.2) is 12.7 Å². The zero-order chi connectivity index (χ0) is 7.78. The summed E-state index contributed by atoms with van der Waals surface area (Å²) in [4.78, 5) is 10.6. The Hall–Kier alpha value is -0.100. The molecule has 1 aliphatic carbocycles. The summed E-state index contributed by atoms with van der Waals surface area (Å²) in [7, 11) is 0. The maximum atomic E-state index is 10.6. The number of hydrogen-bond donors (Lipinski definition) is 2. The average molecular weight is 253 g/mol. The summed E-state index contributed by atoms with van der Waals surface area (Å²) < 4.78 is 2.75. The fourth-order valence-corrected chi connectivity index (χ4v) is 1.82. The Balaban J connectivity index is 2.67. The first-order chi connectivity index (χ1) is 4.67. The van der Waals surface area contributed by atoms with E-state index in [0.717, 1.165) is 0 Å². The predicted molar refractivity (Wildman–Crippen MR) is 45.8 cm³/mol. The largest absolute Gasteiger partial charge is 0.480 e. The van der Waals surface area contributed by atoms with Crippen molar-refractivity contribution < 1.29 is 9.90 Å². The highest BCUT2D eigenvalue weighted by atomic mass is 127. The van der Waals surface area contributed by atoms with E-state index in [1.54, 1.807) is 6.08 Å². The van der Waals surface area contributed by atoms with Gasteiger partial charge < -0.3 is 5.11 Å². The number of carboxylic acid groups (broad SMARTS) is 1. The molecule has 0 spiro atoms. The Bertz CT molecular complexity index is 183. The van der Waals surface area contributed by atoms with Crippen LogP contribution < -0.4 is 3.53 Å². The van der Waals surface area contributed by atoms with Crippen molar-refractivity contribution in [1.29, 1.82) is 0 Å². The van der Waals surface area contributed by atoms with Gasteiger partial charge in [-0.25, -0.2) is 3.53 Å². The molecular weight excluding hydrogens is 245 g/mol. The molecule has 2 unspecified atom stereocenters. The van der Waals surface area contributed by atoms with Gasteiger partial charge >= 0.3 is 5.97 Å². The number of rotatable bonds is 3. The number of aliphatic carboxylic acids is 1. The molecule has 0 aliphatic heterocycles. The van der Waals surface area contributed by atoms with Crippen LogP contribution in [0.1, 0.15) is 6.42 Å². The van der Waals surface area contributed by atoms with Crippen molar-refractivity contribution in [1.82, 2.24) is 3.53 Å². The average Bonchev–Trinajstić information content (AvgIpc) is 2.62. The molecule has 0 aromatic carbocycles. The predicted octanol–water partition coefficient (Wildman–Crippen LogP) is 0.955. The van der Waals surface area contributed by atoms with Crippen LogP contribution in [-0.2, 0) is 4.79 Å². The Morgan fingerprint density at radius 2 is 2.60 bits per heavy atom. The molecule has 1 saturated carbocycles. The highest BCUT2D eigenvalue weighted by Gasteiger charge is 2.58. The van der Waals surface area contributed by atoms with E-state index in [-0.39, 0.29) is 5.92 Å². The monoisotopic (exact) mass is 253 g/mol. The number of carboxylic acids is 1. The van der Waals surface area contributed by atoms with Crippen molar-refractivity contribution in [2.75, 3.05) is 0 Å². The Labute approximate surface area is 73.0 Å². The third kappa shape index (κ3) is 0.950. The van der Waals surface area contributed by atoms with Gasteiger partial charge in [-0.05, 0) is 6.42 Å². The van der Waals surface area contributed by atoms with Crippen molar-refractivity contribution >= 4 is 28.8 Å². The minimum atomic E-state index is -0.785. The second kappa shape index (κ2) is 2.50. The fraction of sp³-hybridized carbons (Fsp3) is 0.500. The minimum Gasteiger partial charge on any atom is -0.480 e. The lowest BCUT2D eigenvalue weighted by Crippen LogP contribution is -2.34. The number of carbonyl (C=O) groups is 1. The molecule has 3 nitrogen and oxygen atoms in total. The van der Waals surface area contributed by atoms with Gasteiger partial charge in [-0.15, -0.1) is 6.58 Å². The van der Waals surface area contributed by atoms with Crippen molar-refractivity contribution in [3.05, 3.63) is 12.7 Å². The lowest BCUT2D eigenvalue weighted by molar-refractivity contribution is -0.140. The summed E-state index contributed by atoms with van der Waals surface area (Å²) in [6.07, 6.45) is 2.34. The molecule has 1 aliphatic rings. The summed E-state index contributed by atoms with van der Waals surface area (Å²) in [6, 6.07) is 0. The van der Waals surface area contributed by atoms with Gasteiger partial charge in [0.1, 0.15) is 5.54 Å². The molecule has 1 fully saturated rings. The topological polar surface area (TPSA) is 49.3 Å². The van der Waals surface area contributed by atoms with Gasteiger partial charge in [0.05, 0.1) is 0 Å². The molecule has 2 N–H and O–H groups in total. The summed E-state index contributed by atoms with van der Waals surface area (Å²) in [5, 5.41) is 8.69. The zero-order valence-electron chi connectivity index (χ0n) is 5.30. The number of halogens is 1. The molecule has 0 aromatic heterocycles. The molecule has 2 atom stereocenters. The lowest BCUT2D eigenvalue weighted by atomic mass is 10.2. The molecule has 4 heteroatoms. The maximum Gasteiger partial charge on any atom is 0.325 e. The molecule has 0 saturated heterocycles. The van der Waals surface area contributed by atoms with Crippen molar-refractivity contribution in [3.63, 3.8) is 0 Å². The molecule has 0 amide bonds. The molecular formula is C6H8INO2. The second-order valence-electron chi connectivity index (χ2n) is 2.42. The van der Waals surface area contributed by atoms with Crippen LogP contribution in [0.5, 0.6) is 0 Å². The van der Waals surface area contributed by atoms with E-state index in [1.807, 2.05) is 22.9 Å². The molecule has 0 bridgehead atoms. The van der Waals surface area contributed by atoms with Gasteiger partial charge in [-0.3, -0.25) is 4.79 Å². The third-order valence-corrected chi connectivity index (χ3v) is 2.81. The molecule has 1 rings (SSSR count). The molecule has 0 aromatic rings. The quantitative estimate of drug-likeness (QED) is 0.447. The van der Waals surface area contributed by atoms with Crippen LogP contribution in [0.2, 0.25) is 0 Å². The molecule has 0 heterocycles. The number of nitrogens with one attached hydrogen (secondary N) is 1. The molecule has 0 radical (unpaired) electrons. The van der Waals surface area contributed by atoms with Gasteiger partial charge in [-0.1, -0.05) is 6.08 Å². The first-order valence-corrected chi connectivity index (χ1v) is 3.99. The normalized spacial score (nSPS) is 37.1. The van der Waals surface area contributed by atoms with Crippen LogP contribution >= 0.6 is 22.9 Å². The van der Waals surface area contributed by atoms with Gasteiger partial charge in [0, 0.05) is 28.8 Å².